The van der Waals surface area contributed by atoms with Gasteiger partial charge in [0, 0.05) is 23.2 Å². The van der Waals surface area contributed by atoms with Crippen LogP contribution >= 0.6 is 15.9 Å². The molecular formula is C19H23BrN2O3. The van der Waals surface area contributed by atoms with Gasteiger partial charge in [-0.25, -0.2) is 0 Å². The molecule has 2 aromatic rings. The van der Waals surface area contributed by atoms with Crippen LogP contribution in [-0.2, 0) is 16.1 Å². The van der Waals surface area contributed by atoms with Crippen molar-refractivity contribution in [3.8, 4) is 11.3 Å². The van der Waals surface area contributed by atoms with Gasteiger partial charge in [0.1, 0.15) is 11.5 Å². The molecule has 0 aliphatic carbocycles. The average molecular weight is 407 g/mol. The third-order valence-corrected chi connectivity index (χ3v) is 4.71. The molecule has 2 heterocycles. The van der Waals surface area contributed by atoms with E-state index < -0.39 is 0 Å². The molecule has 1 fully saturated rings. The van der Waals surface area contributed by atoms with Crippen LogP contribution in [0.15, 0.2) is 45.3 Å². The molecule has 3 rings (SSSR count). The Kier molecular flexibility index (Phi) is 6.29. The van der Waals surface area contributed by atoms with Crippen LogP contribution in [0, 0.1) is 0 Å². The number of benzene rings is 1. The summed E-state index contributed by atoms with van der Waals surface area (Å²) in [6.45, 7) is 2.33. The number of carbonyl (C=O) groups is 1. The minimum atomic E-state index is 0.0117. The average Bonchev–Trinajstić information content (AvgIpc) is 3.25. The van der Waals surface area contributed by atoms with Crippen LogP contribution in [0.2, 0.25) is 0 Å². The largest absolute Gasteiger partial charge is 0.460 e. The van der Waals surface area contributed by atoms with Crippen LogP contribution in [0.5, 0.6) is 0 Å². The van der Waals surface area contributed by atoms with Crippen LogP contribution in [0.25, 0.3) is 11.3 Å². The molecular weight excluding hydrogens is 384 g/mol. The summed E-state index contributed by atoms with van der Waals surface area (Å²) in [5.74, 6) is 1.68. The first-order valence-electron chi connectivity index (χ1n) is 8.51. The van der Waals surface area contributed by atoms with Gasteiger partial charge in [-0.15, -0.1) is 0 Å². The zero-order valence-electron chi connectivity index (χ0n) is 14.3. The Bertz CT molecular complexity index is 693. The zero-order valence-corrected chi connectivity index (χ0v) is 15.9. The van der Waals surface area contributed by atoms with Crippen LogP contribution < -0.4 is 5.32 Å². The summed E-state index contributed by atoms with van der Waals surface area (Å²) in [6.07, 6.45) is 2.29. The summed E-state index contributed by atoms with van der Waals surface area (Å²) < 4.78 is 12.4. The number of rotatable bonds is 7. The van der Waals surface area contributed by atoms with Crippen LogP contribution in [0.3, 0.4) is 0 Å². The molecule has 0 radical (unpaired) electrons. The van der Waals surface area contributed by atoms with Crippen molar-refractivity contribution < 1.29 is 13.9 Å². The van der Waals surface area contributed by atoms with Crippen LogP contribution in [-0.4, -0.2) is 43.7 Å². The quantitative estimate of drug-likeness (QED) is 0.764. The standard InChI is InChI=1S/C19H23BrN2O3/c1-22(13-19(23)21-11-16-3-2-10-24-16)12-17-8-9-18(25-17)14-4-6-15(20)7-5-14/h4-9,16H,2-3,10-13H2,1H3,(H,21,23)/t16-/m0/s1. The van der Waals surface area contributed by atoms with Gasteiger partial charge in [0.05, 0.1) is 19.2 Å². The second kappa shape index (κ2) is 8.65. The molecule has 0 unspecified atom stereocenters. The van der Waals surface area contributed by atoms with Gasteiger partial charge in [-0.1, -0.05) is 28.1 Å². The molecule has 0 bridgehead atoms. The molecule has 1 aliphatic rings. The Morgan fingerprint density at radius 1 is 1.28 bits per heavy atom. The van der Waals surface area contributed by atoms with Gasteiger partial charge in [0.25, 0.3) is 0 Å². The van der Waals surface area contributed by atoms with E-state index in [1.54, 1.807) is 0 Å². The lowest BCUT2D eigenvalue weighted by Crippen LogP contribution is -2.38. The van der Waals surface area contributed by atoms with E-state index in [4.69, 9.17) is 9.15 Å². The van der Waals surface area contributed by atoms with E-state index in [9.17, 15) is 4.79 Å². The van der Waals surface area contributed by atoms with Gasteiger partial charge >= 0.3 is 0 Å². The van der Waals surface area contributed by atoms with E-state index in [0.717, 1.165) is 41.0 Å². The number of furan rings is 1. The van der Waals surface area contributed by atoms with E-state index in [2.05, 4.69) is 21.2 Å². The van der Waals surface area contributed by atoms with Crippen molar-refractivity contribution in [1.82, 2.24) is 10.2 Å². The summed E-state index contributed by atoms with van der Waals surface area (Å²) in [5.41, 5.74) is 1.03. The predicted octanol–water partition coefficient (Wildman–Crippen LogP) is 3.44. The van der Waals surface area contributed by atoms with Crippen molar-refractivity contribution in [2.24, 2.45) is 0 Å². The summed E-state index contributed by atoms with van der Waals surface area (Å²) in [4.78, 5) is 14.0. The molecule has 1 aliphatic heterocycles. The topological polar surface area (TPSA) is 54.7 Å². The Morgan fingerprint density at radius 3 is 2.80 bits per heavy atom. The second-order valence-corrected chi connectivity index (χ2v) is 7.30. The number of carbonyl (C=O) groups excluding carboxylic acids is 1. The van der Waals surface area contributed by atoms with E-state index >= 15 is 0 Å². The fourth-order valence-electron chi connectivity index (χ4n) is 2.89. The third-order valence-electron chi connectivity index (χ3n) is 4.18. The lowest BCUT2D eigenvalue weighted by Gasteiger charge is -2.16. The minimum Gasteiger partial charge on any atom is -0.460 e. The van der Waals surface area contributed by atoms with Gasteiger partial charge in [0.15, 0.2) is 0 Å². The number of amides is 1. The molecule has 1 atom stereocenters. The Balaban J connectivity index is 1.46. The molecule has 0 saturated carbocycles. The summed E-state index contributed by atoms with van der Waals surface area (Å²) in [5, 5.41) is 2.94. The molecule has 1 N–H and O–H groups in total. The summed E-state index contributed by atoms with van der Waals surface area (Å²) in [7, 11) is 1.91. The van der Waals surface area contributed by atoms with Gasteiger partial charge in [0.2, 0.25) is 5.91 Å². The number of hydrogen-bond acceptors (Lipinski definition) is 4. The number of halogens is 1. The molecule has 6 heteroatoms. The van der Waals surface area contributed by atoms with Crippen LogP contribution in [0.4, 0.5) is 0 Å². The molecule has 25 heavy (non-hydrogen) atoms. The maximum Gasteiger partial charge on any atom is 0.234 e. The molecule has 1 aromatic heterocycles. The molecule has 0 spiro atoms. The highest BCUT2D eigenvalue weighted by atomic mass is 79.9. The third kappa shape index (κ3) is 5.42. The fraction of sp³-hybridized carbons (Fsp3) is 0.421. The van der Waals surface area contributed by atoms with Crippen LogP contribution in [0.1, 0.15) is 18.6 Å². The SMILES string of the molecule is CN(CC(=O)NC[C@@H]1CCCO1)Cc1ccc(-c2ccc(Br)cc2)o1. The Morgan fingerprint density at radius 2 is 2.08 bits per heavy atom. The normalized spacial score (nSPS) is 17.2. The smallest absolute Gasteiger partial charge is 0.234 e. The van der Waals surface area contributed by atoms with Gasteiger partial charge in [-0.2, -0.15) is 0 Å². The van der Waals surface area contributed by atoms with Crippen molar-refractivity contribution in [1.29, 1.82) is 0 Å². The van der Waals surface area contributed by atoms with Crippen molar-refractivity contribution in [2.45, 2.75) is 25.5 Å². The maximum absolute atomic E-state index is 12.0. The number of likely N-dealkylation sites (N-methyl/N-ethyl adjacent to an activating group) is 1. The monoisotopic (exact) mass is 406 g/mol. The molecule has 1 aromatic carbocycles. The van der Waals surface area contributed by atoms with Crippen molar-refractivity contribution in [2.75, 3.05) is 26.7 Å². The molecule has 5 nitrogen and oxygen atoms in total. The van der Waals surface area contributed by atoms with Crippen molar-refractivity contribution in [3.05, 3.63) is 46.6 Å². The first kappa shape index (κ1) is 18.2. The fourth-order valence-corrected chi connectivity index (χ4v) is 3.15. The number of nitrogens with zero attached hydrogens (tertiary/aromatic N) is 1. The van der Waals surface area contributed by atoms with Gasteiger partial charge < -0.3 is 14.5 Å². The lowest BCUT2D eigenvalue weighted by molar-refractivity contribution is -0.122. The number of nitrogens with one attached hydrogen (secondary N) is 1. The zero-order chi connectivity index (χ0) is 17.6. The van der Waals surface area contributed by atoms with E-state index in [-0.39, 0.29) is 12.0 Å². The van der Waals surface area contributed by atoms with E-state index in [1.165, 1.54) is 0 Å². The molecule has 134 valence electrons. The maximum atomic E-state index is 12.0. The Labute approximate surface area is 156 Å². The minimum absolute atomic E-state index is 0.0117. The van der Waals surface area contributed by atoms with Gasteiger partial charge in [-0.3, -0.25) is 9.69 Å². The van der Waals surface area contributed by atoms with Gasteiger partial charge in [-0.05, 0) is 44.2 Å². The van der Waals surface area contributed by atoms with Crippen molar-refractivity contribution >= 4 is 21.8 Å². The summed E-state index contributed by atoms with van der Waals surface area (Å²) >= 11 is 3.43. The molecule has 1 saturated heterocycles. The van der Waals surface area contributed by atoms with E-state index in [0.29, 0.717) is 19.6 Å². The first-order chi connectivity index (χ1) is 12.1. The van der Waals surface area contributed by atoms with E-state index in [1.807, 2.05) is 48.3 Å². The number of ether oxygens (including phenoxy) is 1. The lowest BCUT2D eigenvalue weighted by atomic mass is 10.2. The first-order valence-corrected chi connectivity index (χ1v) is 9.31. The highest BCUT2D eigenvalue weighted by molar-refractivity contribution is 9.10. The van der Waals surface area contributed by atoms with Crippen molar-refractivity contribution in [3.63, 3.8) is 0 Å². The highest BCUT2D eigenvalue weighted by Crippen LogP contribution is 2.24. The summed E-state index contributed by atoms with van der Waals surface area (Å²) in [6, 6.07) is 11.9. The Hall–Kier alpha value is -1.63. The molecule has 1 amide bonds. The predicted molar refractivity (Wildman–Crippen MR) is 100 cm³/mol. The number of hydrogen-bond donors (Lipinski definition) is 1. The highest BCUT2D eigenvalue weighted by Gasteiger charge is 2.17. The second-order valence-electron chi connectivity index (χ2n) is 6.38.